The standard InChI is InChI=1S/C7H12OTe/c1-2-3-6-9-7-4-5-8/h8H,2-3,5-6H2,1H3. The van der Waals surface area contributed by atoms with Crippen LogP contribution in [0, 0.1) is 9.89 Å². The van der Waals surface area contributed by atoms with Crippen LogP contribution in [-0.2, 0) is 0 Å². The second-order valence-electron chi connectivity index (χ2n) is 1.64. The van der Waals surface area contributed by atoms with Gasteiger partial charge >= 0.3 is 66.8 Å². The second-order valence-corrected chi connectivity index (χ2v) is 4.21. The van der Waals surface area contributed by atoms with Crippen molar-refractivity contribution in [3.8, 4) is 9.89 Å². The van der Waals surface area contributed by atoms with E-state index in [4.69, 9.17) is 5.11 Å². The number of unbranched alkanes of at least 4 members (excludes halogenated alkanes) is 1. The molecule has 52 valence electrons. The van der Waals surface area contributed by atoms with Gasteiger partial charge in [0, 0.05) is 0 Å². The summed E-state index contributed by atoms with van der Waals surface area (Å²) < 4.78 is 4.30. The topological polar surface area (TPSA) is 20.2 Å². The van der Waals surface area contributed by atoms with Gasteiger partial charge in [-0.1, -0.05) is 0 Å². The van der Waals surface area contributed by atoms with E-state index in [1.807, 2.05) is 0 Å². The second kappa shape index (κ2) is 8.31. The Morgan fingerprint density at radius 2 is 2.33 bits per heavy atom. The first-order valence-corrected chi connectivity index (χ1v) is 5.93. The zero-order chi connectivity index (χ0) is 6.95. The van der Waals surface area contributed by atoms with Gasteiger partial charge in [0.25, 0.3) is 0 Å². The Bertz CT molecular complexity index is 101. The summed E-state index contributed by atoms with van der Waals surface area (Å²) in [5.41, 5.74) is 0. The molecule has 0 atom stereocenters. The van der Waals surface area contributed by atoms with Gasteiger partial charge in [-0.15, -0.1) is 0 Å². The Kier molecular flexibility index (Phi) is 8.60. The van der Waals surface area contributed by atoms with Crippen LogP contribution in [0.1, 0.15) is 19.8 Å². The molecule has 0 aromatic carbocycles. The van der Waals surface area contributed by atoms with Crippen LogP contribution < -0.4 is 0 Å². The van der Waals surface area contributed by atoms with E-state index in [0.717, 1.165) is 0 Å². The van der Waals surface area contributed by atoms with Crippen LogP contribution in [0.3, 0.4) is 0 Å². The summed E-state index contributed by atoms with van der Waals surface area (Å²) in [5.74, 6) is 2.67. The van der Waals surface area contributed by atoms with Crippen LogP contribution in [0.25, 0.3) is 0 Å². The van der Waals surface area contributed by atoms with E-state index in [0.29, 0.717) is 0 Å². The van der Waals surface area contributed by atoms with Gasteiger partial charge in [0.1, 0.15) is 0 Å². The van der Waals surface area contributed by atoms with Crippen molar-refractivity contribution in [2.45, 2.75) is 24.2 Å². The van der Waals surface area contributed by atoms with E-state index >= 15 is 0 Å². The average molecular weight is 240 g/mol. The van der Waals surface area contributed by atoms with Crippen molar-refractivity contribution in [1.82, 2.24) is 0 Å². The molecule has 0 saturated heterocycles. The molecule has 0 aromatic rings. The summed E-state index contributed by atoms with van der Waals surface area (Å²) in [4.78, 5) is 0. The zero-order valence-corrected chi connectivity index (χ0v) is 8.01. The maximum atomic E-state index is 8.27. The van der Waals surface area contributed by atoms with Crippen molar-refractivity contribution in [1.29, 1.82) is 0 Å². The van der Waals surface area contributed by atoms with Crippen LogP contribution in [0.2, 0.25) is 4.47 Å². The molecule has 0 aliphatic carbocycles. The van der Waals surface area contributed by atoms with Crippen molar-refractivity contribution in [3.05, 3.63) is 0 Å². The van der Waals surface area contributed by atoms with Gasteiger partial charge in [0.15, 0.2) is 0 Å². The number of hydrogen-bond donors (Lipinski definition) is 1. The molecule has 1 N–H and O–H groups in total. The summed E-state index contributed by atoms with van der Waals surface area (Å²) >= 11 is -0.0633. The molecular weight excluding hydrogens is 228 g/mol. The Balaban J connectivity index is 2.90. The van der Waals surface area contributed by atoms with Crippen molar-refractivity contribution in [2.24, 2.45) is 0 Å². The summed E-state index contributed by atoms with van der Waals surface area (Å²) in [5, 5.41) is 8.27. The first-order chi connectivity index (χ1) is 4.41. The van der Waals surface area contributed by atoms with Crippen LogP contribution in [0.15, 0.2) is 0 Å². The first kappa shape index (κ1) is 9.31. The van der Waals surface area contributed by atoms with Gasteiger partial charge in [0.2, 0.25) is 0 Å². The van der Waals surface area contributed by atoms with Gasteiger partial charge in [-0.2, -0.15) is 0 Å². The summed E-state index contributed by atoms with van der Waals surface area (Å²) in [6.07, 6.45) is 2.58. The fourth-order valence-electron chi connectivity index (χ4n) is 0.351. The zero-order valence-electron chi connectivity index (χ0n) is 5.68. The Labute approximate surface area is 66.9 Å². The molecular formula is C7H12OTe. The van der Waals surface area contributed by atoms with Crippen LogP contribution >= 0.6 is 0 Å². The van der Waals surface area contributed by atoms with Crippen molar-refractivity contribution < 1.29 is 5.11 Å². The number of hydrogen-bond acceptors (Lipinski definition) is 1. The van der Waals surface area contributed by atoms with Crippen LogP contribution in [0.4, 0.5) is 0 Å². The van der Waals surface area contributed by atoms with E-state index in [1.54, 1.807) is 0 Å². The third-order valence-electron chi connectivity index (χ3n) is 0.823. The quantitative estimate of drug-likeness (QED) is 0.440. The van der Waals surface area contributed by atoms with E-state index < -0.39 is 0 Å². The van der Waals surface area contributed by atoms with Gasteiger partial charge in [0.05, 0.1) is 0 Å². The van der Waals surface area contributed by atoms with Crippen molar-refractivity contribution in [3.63, 3.8) is 0 Å². The van der Waals surface area contributed by atoms with E-state index in [1.165, 1.54) is 17.3 Å². The normalized spacial score (nSPS) is 8.22. The van der Waals surface area contributed by atoms with Gasteiger partial charge in [-0.3, -0.25) is 0 Å². The molecule has 0 spiro atoms. The molecule has 0 aliphatic heterocycles. The number of aliphatic hydroxyl groups is 1. The summed E-state index contributed by atoms with van der Waals surface area (Å²) in [6.45, 7) is 2.23. The molecule has 0 aromatic heterocycles. The molecule has 0 rings (SSSR count). The minimum absolute atomic E-state index is 0.0386. The minimum atomic E-state index is -0.0633. The molecule has 2 heteroatoms. The van der Waals surface area contributed by atoms with Gasteiger partial charge in [-0.05, 0) is 0 Å². The predicted octanol–water partition coefficient (Wildman–Crippen LogP) is 0.862. The molecule has 0 radical (unpaired) electrons. The molecule has 0 amide bonds. The number of aliphatic hydroxyl groups excluding tert-OH is 1. The third kappa shape index (κ3) is 8.31. The van der Waals surface area contributed by atoms with Crippen molar-refractivity contribution >= 4 is 20.9 Å². The molecule has 9 heavy (non-hydrogen) atoms. The fraction of sp³-hybridized carbons (Fsp3) is 0.714. The molecule has 0 bridgehead atoms. The van der Waals surface area contributed by atoms with Gasteiger partial charge in [-0.25, -0.2) is 0 Å². The molecule has 0 fully saturated rings. The molecule has 0 saturated carbocycles. The molecule has 0 aliphatic rings. The van der Waals surface area contributed by atoms with E-state index in [2.05, 4.69) is 16.8 Å². The summed E-state index contributed by atoms with van der Waals surface area (Å²) in [7, 11) is 0. The Morgan fingerprint density at radius 3 is 2.89 bits per heavy atom. The first-order valence-electron chi connectivity index (χ1n) is 3.12. The monoisotopic (exact) mass is 242 g/mol. The summed E-state index contributed by atoms with van der Waals surface area (Å²) in [6, 6.07) is 0. The molecule has 0 heterocycles. The van der Waals surface area contributed by atoms with Crippen LogP contribution in [0.5, 0.6) is 0 Å². The number of rotatable bonds is 3. The van der Waals surface area contributed by atoms with Crippen LogP contribution in [-0.4, -0.2) is 32.6 Å². The predicted molar refractivity (Wildman–Crippen MR) is 40.3 cm³/mol. The molecule has 1 nitrogen and oxygen atoms in total. The van der Waals surface area contributed by atoms with E-state index in [9.17, 15) is 0 Å². The molecule has 0 unspecified atom stereocenters. The van der Waals surface area contributed by atoms with Gasteiger partial charge < -0.3 is 0 Å². The maximum absolute atomic E-state index is 8.27. The fourth-order valence-corrected chi connectivity index (χ4v) is 2.35. The average Bonchev–Trinajstić information content (AvgIpc) is 1.89. The Morgan fingerprint density at radius 1 is 1.56 bits per heavy atom. The van der Waals surface area contributed by atoms with E-state index in [-0.39, 0.29) is 27.5 Å². The Hall–Kier alpha value is 0.310. The van der Waals surface area contributed by atoms with Crippen molar-refractivity contribution in [2.75, 3.05) is 6.61 Å². The third-order valence-corrected chi connectivity index (χ3v) is 3.05. The SMILES string of the molecule is CCCC[Te]C#CCO.